The van der Waals surface area contributed by atoms with Gasteiger partial charge in [0, 0.05) is 16.3 Å². The second-order valence-corrected chi connectivity index (χ2v) is 6.50. The van der Waals surface area contributed by atoms with Crippen molar-refractivity contribution in [1.82, 2.24) is 24.9 Å². The van der Waals surface area contributed by atoms with Crippen molar-refractivity contribution in [2.24, 2.45) is 0 Å². The maximum atomic E-state index is 12.5. The minimum atomic E-state index is -0.264. The van der Waals surface area contributed by atoms with E-state index in [-0.39, 0.29) is 17.8 Å². The zero-order valence-corrected chi connectivity index (χ0v) is 14.2. The molecule has 120 valence electrons. The van der Waals surface area contributed by atoms with E-state index in [1.54, 1.807) is 15.9 Å². The van der Waals surface area contributed by atoms with E-state index in [0.717, 1.165) is 29.1 Å². The van der Waals surface area contributed by atoms with Crippen molar-refractivity contribution in [3.05, 3.63) is 45.7 Å². The number of carbonyl (C=O) groups excluding carboxylic acids is 1. The predicted molar refractivity (Wildman–Crippen MR) is 89.7 cm³/mol. The maximum absolute atomic E-state index is 12.5. The average molecular weight is 329 g/mol. The molecule has 0 aliphatic rings. The van der Waals surface area contributed by atoms with Crippen molar-refractivity contribution in [2.75, 3.05) is 0 Å². The Kier molecular flexibility index (Phi) is 4.38. The third-order valence-electron chi connectivity index (χ3n) is 3.59. The number of hydrogen-bond donors (Lipinski definition) is 1. The summed E-state index contributed by atoms with van der Waals surface area (Å²) in [7, 11) is 0. The highest BCUT2D eigenvalue weighted by Crippen LogP contribution is 2.23. The summed E-state index contributed by atoms with van der Waals surface area (Å²) in [5.41, 5.74) is 1.76. The van der Waals surface area contributed by atoms with Crippen LogP contribution in [0.4, 0.5) is 0 Å². The lowest BCUT2D eigenvalue weighted by Crippen LogP contribution is -2.29. The molecular formula is C16H19N5OS. The first kappa shape index (κ1) is 15.6. The van der Waals surface area contributed by atoms with Gasteiger partial charge in [0.05, 0.1) is 6.04 Å². The second-order valence-electron chi connectivity index (χ2n) is 5.52. The molecule has 0 spiro atoms. The standard InChI is InChI=1S/C16H19N5OS/c1-4-6-12(13-7-5-8-23-13)18-15(22)14-19-16-17-10(2)9-11(3)21(16)20-14/h5,7-9,12H,4,6H2,1-3H3,(H,18,22)/t12-/m1/s1. The first-order valence-electron chi connectivity index (χ1n) is 7.63. The van der Waals surface area contributed by atoms with Crippen LogP contribution in [0.2, 0.25) is 0 Å². The summed E-state index contributed by atoms with van der Waals surface area (Å²) >= 11 is 1.64. The van der Waals surface area contributed by atoms with Gasteiger partial charge in [0.2, 0.25) is 5.82 Å². The lowest BCUT2D eigenvalue weighted by Gasteiger charge is -2.15. The van der Waals surface area contributed by atoms with Crippen molar-refractivity contribution < 1.29 is 4.79 Å². The smallest absolute Gasteiger partial charge is 0.291 e. The van der Waals surface area contributed by atoms with Crippen molar-refractivity contribution in [3.63, 3.8) is 0 Å². The fourth-order valence-corrected chi connectivity index (χ4v) is 3.36. The number of nitrogens with zero attached hydrogens (tertiary/aromatic N) is 4. The molecule has 1 atom stereocenters. The van der Waals surface area contributed by atoms with Crippen LogP contribution in [0.5, 0.6) is 0 Å². The summed E-state index contributed by atoms with van der Waals surface area (Å²) in [6, 6.07) is 5.94. The summed E-state index contributed by atoms with van der Waals surface area (Å²) in [6.07, 6.45) is 1.87. The Hall–Kier alpha value is -2.28. The molecule has 6 nitrogen and oxygen atoms in total. The molecule has 1 amide bonds. The van der Waals surface area contributed by atoms with E-state index in [1.807, 2.05) is 37.4 Å². The fraction of sp³-hybridized carbons (Fsp3) is 0.375. The van der Waals surface area contributed by atoms with Crippen LogP contribution in [0, 0.1) is 13.8 Å². The lowest BCUT2D eigenvalue weighted by molar-refractivity contribution is 0.0925. The van der Waals surface area contributed by atoms with Gasteiger partial charge in [0.1, 0.15) is 0 Å². The number of nitrogens with one attached hydrogen (secondary N) is 1. The van der Waals surface area contributed by atoms with Crippen LogP contribution in [0.15, 0.2) is 23.6 Å². The van der Waals surface area contributed by atoms with E-state index in [4.69, 9.17) is 0 Å². The number of aromatic nitrogens is 4. The Balaban J connectivity index is 1.86. The molecular weight excluding hydrogens is 310 g/mol. The molecule has 0 aromatic carbocycles. The van der Waals surface area contributed by atoms with Gasteiger partial charge in [-0.2, -0.15) is 4.98 Å². The number of thiophene rings is 1. The summed E-state index contributed by atoms with van der Waals surface area (Å²) in [5.74, 6) is 0.346. The monoisotopic (exact) mass is 329 g/mol. The molecule has 0 aliphatic carbocycles. The molecule has 0 saturated carbocycles. The van der Waals surface area contributed by atoms with Crippen molar-refractivity contribution in [2.45, 2.75) is 39.7 Å². The lowest BCUT2D eigenvalue weighted by atomic mass is 10.1. The highest BCUT2D eigenvalue weighted by Gasteiger charge is 2.20. The zero-order chi connectivity index (χ0) is 16.4. The number of rotatable bonds is 5. The van der Waals surface area contributed by atoms with Crippen LogP contribution < -0.4 is 5.32 Å². The Labute approximate surface area is 138 Å². The highest BCUT2D eigenvalue weighted by atomic mass is 32.1. The molecule has 3 heterocycles. The normalized spacial score (nSPS) is 12.5. The first-order valence-corrected chi connectivity index (χ1v) is 8.51. The molecule has 7 heteroatoms. The van der Waals surface area contributed by atoms with Gasteiger partial charge in [-0.15, -0.1) is 16.4 Å². The van der Waals surface area contributed by atoms with Gasteiger partial charge < -0.3 is 5.32 Å². The highest BCUT2D eigenvalue weighted by molar-refractivity contribution is 7.10. The largest absolute Gasteiger partial charge is 0.342 e. The van der Waals surface area contributed by atoms with Crippen LogP contribution in [-0.4, -0.2) is 25.5 Å². The van der Waals surface area contributed by atoms with Gasteiger partial charge in [0.25, 0.3) is 11.7 Å². The van der Waals surface area contributed by atoms with Crippen molar-refractivity contribution >= 4 is 23.0 Å². The van der Waals surface area contributed by atoms with Crippen molar-refractivity contribution in [3.8, 4) is 0 Å². The predicted octanol–water partition coefficient (Wildman–Crippen LogP) is 3.07. The van der Waals surface area contributed by atoms with Crippen LogP contribution in [0.25, 0.3) is 5.78 Å². The summed E-state index contributed by atoms with van der Waals surface area (Å²) < 4.78 is 1.60. The van der Waals surface area contributed by atoms with E-state index >= 15 is 0 Å². The van der Waals surface area contributed by atoms with Crippen LogP contribution in [0.1, 0.15) is 52.7 Å². The van der Waals surface area contributed by atoms with Gasteiger partial charge in [-0.05, 0) is 37.8 Å². The summed E-state index contributed by atoms with van der Waals surface area (Å²) in [4.78, 5) is 22.2. The first-order chi connectivity index (χ1) is 11.1. The van der Waals surface area contributed by atoms with E-state index in [2.05, 4.69) is 27.3 Å². The van der Waals surface area contributed by atoms with Crippen LogP contribution in [-0.2, 0) is 0 Å². The molecule has 0 bridgehead atoms. The average Bonchev–Trinajstić information content (AvgIpc) is 3.15. The molecule has 23 heavy (non-hydrogen) atoms. The van der Waals surface area contributed by atoms with Gasteiger partial charge >= 0.3 is 0 Å². The third-order valence-corrected chi connectivity index (χ3v) is 4.58. The van der Waals surface area contributed by atoms with Gasteiger partial charge in [-0.25, -0.2) is 9.50 Å². The minimum Gasteiger partial charge on any atom is -0.342 e. The van der Waals surface area contributed by atoms with Gasteiger partial charge in [-0.1, -0.05) is 19.4 Å². The molecule has 3 rings (SSSR count). The number of hydrogen-bond acceptors (Lipinski definition) is 5. The molecule has 0 saturated heterocycles. The number of fused-ring (bicyclic) bond motifs is 1. The molecule has 0 aliphatic heterocycles. The Morgan fingerprint density at radius 1 is 1.39 bits per heavy atom. The maximum Gasteiger partial charge on any atom is 0.291 e. The van der Waals surface area contributed by atoms with E-state index in [1.165, 1.54) is 0 Å². The van der Waals surface area contributed by atoms with Gasteiger partial charge in [0.15, 0.2) is 0 Å². The Morgan fingerprint density at radius 2 is 2.22 bits per heavy atom. The van der Waals surface area contributed by atoms with E-state index in [0.29, 0.717) is 5.78 Å². The quantitative estimate of drug-likeness (QED) is 0.781. The van der Waals surface area contributed by atoms with Crippen LogP contribution in [0.3, 0.4) is 0 Å². The Morgan fingerprint density at radius 3 is 2.91 bits per heavy atom. The minimum absolute atomic E-state index is 0.00472. The Bertz CT molecular complexity index is 824. The molecule has 0 radical (unpaired) electrons. The second kappa shape index (κ2) is 6.45. The molecule has 3 aromatic rings. The van der Waals surface area contributed by atoms with E-state index in [9.17, 15) is 4.79 Å². The number of carbonyl (C=O) groups is 1. The molecule has 0 fully saturated rings. The summed E-state index contributed by atoms with van der Waals surface area (Å²) in [5, 5.41) is 9.34. The zero-order valence-electron chi connectivity index (χ0n) is 13.4. The molecule has 0 unspecified atom stereocenters. The topological polar surface area (TPSA) is 72.2 Å². The number of aryl methyl sites for hydroxylation is 2. The third kappa shape index (κ3) is 3.24. The van der Waals surface area contributed by atoms with E-state index < -0.39 is 0 Å². The summed E-state index contributed by atoms with van der Waals surface area (Å²) in [6.45, 7) is 5.92. The fourth-order valence-electron chi connectivity index (χ4n) is 2.55. The van der Waals surface area contributed by atoms with Crippen LogP contribution >= 0.6 is 11.3 Å². The molecule has 1 N–H and O–H groups in total. The number of amides is 1. The van der Waals surface area contributed by atoms with Gasteiger partial charge in [-0.3, -0.25) is 4.79 Å². The molecule has 3 aromatic heterocycles. The van der Waals surface area contributed by atoms with Crippen molar-refractivity contribution in [1.29, 1.82) is 0 Å². The SMILES string of the molecule is CCC[C@@H](NC(=O)c1nc2nc(C)cc(C)n2n1)c1cccs1.